The van der Waals surface area contributed by atoms with Crippen molar-refractivity contribution in [2.24, 2.45) is 5.92 Å². The van der Waals surface area contributed by atoms with E-state index < -0.39 is 5.41 Å². The number of aromatic nitrogens is 2. The fraction of sp³-hybridized carbons (Fsp3) is 0.607. The van der Waals surface area contributed by atoms with Crippen LogP contribution in [0.1, 0.15) is 106 Å². The van der Waals surface area contributed by atoms with E-state index in [1.807, 2.05) is 12.1 Å². The number of hydrogen-bond acceptors (Lipinski definition) is 4. The molecule has 2 saturated carbocycles. The third-order valence-electron chi connectivity index (χ3n) is 7.89. The number of rotatable bonds is 9. The molecule has 1 aromatic heterocycles. The molecule has 6 heteroatoms. The lowest BCUT2D eigenvalue weighted by Crippen LogP contribution is -2.34. The van der Waals surface area contributed by atoms with Crippen molar-refractivity contribution in [3.8, 4) is 0 Å². The Bertz CT molecular complexity index is 949. The molecule has 2 N–H and O–H groups in total. The monoisotopic (exact) mass is 466 g/mol. The molecule has 0 radical (unpaired) electrons. The molecule has 5 nitrogen and oxygen atoms in total. The van der Waals surface area contributed by atoms with Crippen LogP contribution in [0, 0.1) is 11.7 Å². The first-order chi connectivity index (χ1) is 16.5. The van der Waals surface area contributed by atoms with Crippen molar-refractivity contribution in [1.82, 2.24) is 15.3 Å². The summed E-state index contributed by atoms with van der Waals surface area (Å²) in [7, 11) is 0. The van der Waals surface area contributed by atoms with Crippen molar-refractivity contribution < 1.29 is 9.18 Å². The van der Waals surface area contributed by atoms with Gasteiger partial charge in [-0.1, -0.05) is 64.0 Å². The molecule has 1 atom stereocenters. The van der Waals surface area contributed by atoms with Gasteiger partial charge in [0.25, 0.3) is 5.91 Å². The Morgan fingerprint density at radius 1 is 1.12 bits per heavy atom. The molecule has 1 aromatic carbocycles. The van der Waals surface area contributed by atoms with Crippen LogP contribution in [-0.2, 0) is 5.41 Å². The standard InChI is InChI=1S/C28H39FN4O/c1-3-20(2)32-27-31-19-24(26(34)30-18-15-21-9-5-4-6-10-21)25(33-27)28(16-7-8-17-28)22-11-13-23(29)14-12-22/h11-14,19-21H,3-10,15-18H2,1-2H3,(H,30,34)(H,31,32,33). The Labute approximate surface area is 203 Å². The van der Waals surface area contributed by atoms with Crippen LogP contribution in [0.5, 0.6) is 0 Å². The molecule has 2 fully saturated rings. The molecule has 0 bridgehead atoms. The second kappa shape index (κ2) is 11.3. The van der Waals surface area contributed by atoms with Crippen molar-refractivity contribution in [2.45, 2.75) is 95.9 Å². The minimum Gasteiger partial charge on any atom is -0.352 e. The first-order valence-electron chi connectivity index (χ1n) is 13.2. The molecule has 4 rings (SSSR count). The maximum Gasteiger partial charge on any atom is 0.254 e. The molecular formula is C28H39FN4O. The minimum atomic E-state index is -0.404. The number of hydrogen-bond donors (Lipinski definition) is 2. The summed E-state index contributed by atoms with van der Waals surface area (Å²) in [6, 6.07) is 6.97. The lowest BCUT2D eigenvalue weighted by atomic mass is 9.74. The smallest absolute Gasteiger partial charge is 0.254 e. The highest BCUT2D eigenvalue weighted by molar-refractivity contribution is 5.95. The zero-order valence-corrected chi connectivity index (χ0v) is 20.7. The molecular weight excluding hydrogens is 427 g/mol. The van der Waals surface area contributed by atoms with Gasteiger partial charge in [-0.15, -0.1) is 0 Å². The van der Waals surface area contributed by atoms with Crippen LogP contribution in [0.15, 0.2) is 30.5 Å². The molecule has 1 amide bonds. The summed E-state index contributed by atoms with van der Waals surface area (Å²) in [5.74, 6) is 0.914. The number of anilines is 1. The molecule has 34 heavy (non-hydrogen) atoms. The number of carbonyl (C=O) groups is 1. The zero-order chi connectivity index (χ0) is 24.0. The first kappa shape index (κ1) is 24.6. The molecule has 2 aromatic rings. The second-order valence-electron chi connectivity index (χ2n) is 10.3. The van der Waals surface area contributed by atoms with Gasteiger partial charge in [-0.05, 0) is 56.2 Å². The Kier molecular flexibility index (Phi) is 8.17. The third-order valence-corrected chi connectivity index (χ3v) is 7.89. The molecule has 184 valence electrons. The Morgan fingerprint density at radius 3 is 2.50 bits per heavy atom. The molecule has 1 unspecified atom stereocenters. The maximum atomic E-state index is 13.7. The molecule has 2 aliphatic rings. The van der Waals surface area contributed by atoms with Crippen molar-refractivity contribution in [3.05, 3.63) is 53.1 Å². The van der Waals surface area contributed by atoms with Crippen molar-refractivity contribution >= 4 is 11.9 Å². The van der Waals surface area contributed by atoms with E-state index in [2.05, 4.69) is 29.5 Å². The van der Waals surface area contributed by atoms with Gasteiger partial charge in [0, 0.05) is 24.2 Å². The van der Waals surface area contributed by atoms with Crippen LogP contribution in [-0.4, -0.2) is 28.5 Å². The minimum absolute atomic E-state index is 0.103. The summed E-state index contributed by atoms with van der Waals surface area (Å²) < 4.78 is 13.7. The van der Waals surface area contributed by atoms with Crippen molar-refractivity contribution in [1.29, 1.82) is 0 Å². The lowest BCUT2D eigenvalue weighted by molar-refractivity contribution is 0.0947. The van der Waals surface area contributed by atoms with Gasteiger partial charge < -0.3 is 10.6 Å². The number of nitrogens with one attached hydrogen (secondary N) is 2. The van der Waals surface area contributed by atoms with E-state index in [9.17, 15) is 9.18 Å². The first-order valence-corrected chi connectivity index (χ1v) is 13.2. The topological polar surface area (TPSA) is 66.9 Å². The number of halogens is 1. The van der Waals surface area contributed by atoms with E-state index in [0.717, 1.165) is 49.8 Å². The summed E-state index contributed by atoms with van der Waals surface area (Å²) in [5.41, 5.74) is 1.94. The lowest BCUT2D eigenvalue weighted by Gasteiger charge is -2.31. The largest absolute Gasteiger partial charge is 0.352 e. The second-order valence-corrected chi connectivity index (χ2v) is 10.3. The summed E-state index contributed by atoms with van der Waals surface area (Å²) >= 11 is 0. The number of amides is 1. The van der Waals surface area contributed by atoms with Crippen molar-refractivity contribution in [2.75, 3.05) is 11.9 Å². The summed E-state index contributed by atoms with van der Waals surface area (Å²) in [6.45, 7) is 4.89. The van der Waals surface area contributed by atoms with Gasteiger partial charge in [0.2, 0.25) is 5.95 Å². The van der Waals surface area contributed by atoms with E-state index in [1.54, 1.807) is 6.20 Å². The van der Waals surface area contributed by atoms with Crippen LogP contribution in [0.2, 0.25) is 0 Å². The number of nitrogens with zero attached hydrogens (tertiary/aromatic N) is 2. The predicted octanol–water partition coefficient (Wildman–Crippen LogP) is 6.39. The van der Waals surface area contributed by atoms with E-state index >= 15 is 0 Å². The fourth-order valence-corrected chi connectivity index (χ4v) is 5.68. The summed E-state index contributed by atoms with van der Waals surface area (Å²) in [6.07, 6.45) is 14.0. The molecule has 0 spiro atoms. The Hall–Kier alpha value is -2.50. The zero-order valence-electron chi connectivity index (χ0n) is 20.7. The van der Waals surface area contributed by atoms with Crippen LogP contribution in [0.4, 0.5) is 10.3 Å². The summed E-state index contributed by atoms with van der Waals surface area (Å²) in [5, 5.41) is 6.53. The van der Waals surface area contributed by atoms with E-state index in [-0.39, 0.29) is 17.8 Å². The van der Waals surface area contributed by atoms with Crippen LogP contribution >= 0.6 is 0 Å². The SMILES string of the molecule is CCC(C)Nc1ncc(C(=O)NCCC2CCCCC2)c(C2(c3ccc(F)cc3)CCCC2)n1. The molecule has 0 saturated heterocycles. The normalized spacial score (nSPS) is 19.0. The maximum absolute atomic E-state index is 13.7. The quantitative estimate of drug-likeness (QED) is 0.450. The Balaban J connectivity index is 1.64. The average molecular weight is 467 g/mol. The third kappa shape index (κ3) is 5.59. The fourth-order valence-electron chi connectivity index (χ4n) is 5.68. The Morgan fingerprint density at radius 2 is 1.82 bits per heavy atom. The van der Waals surface area contributed by atoms with Gasteiger partial charge in [-0.2, -0.15) is 0 Å². The van der Waals surface area contributed by atoms with Gasteiger partial charge >= 0.3 is 0 Å². The molecule has 0 aliphatic heterocycles. The number of carbonyl (C=O) groups excluding carboxylic acids is 1. The number of benzene rings is 1. The highest BCUT2D eigenvalue weighted by Crippen LogP contribution is 2.47. The van der Waals surface area contributed by atoms with Gasteiger partial charge in [-0.25, -0.2) is 14.4 Å². The van der Waals surface area contributed by atoms with Crippen LogP contribution in [0.25, 0.3) is 0 Å². The van der Waals surface area contributed by atoms with Gasteiger partial charge in [-0.3, -0.25) is 4.79 Å². The molecule has 1 heterocycles. The highest BCUT2D eigenvalue weighted by Gasteiger charge is 2.42. The van der Waals surface area contributed by atoms with Crippen LogP contribution in [0.3, 0.4) is 0 Å². The van der Waals surface area contributed by atoms with Gasteiger partial charge in [0.05, 0.1) is 11.3 Å². The van der Waals surface area contributed by atoms with Gasteiger partial charge in [0.1, 0.15) is 5.82 Å². The van der Waals surface area contributed by atoms with Gasteiger partial charge in [0.15, 0.2) is 0 Å². The highest BCUT2D eigenvalue weighted by atomic mass is 19.1. The van der Waals surface area contributed by atoms with Crippen molar-refractivity contribution in [3.63, 3.8) is 0 Å². The molecule has 2 aliphatic carbocycles. The summed E-state index contributed by atoms with van der Waals surface area (Å²) in [4.78, 5) is 22.9. The van der Waals surface area contributed by atoms with E-state index in [4.69, 9.17) is 4.98 Å². The average Bonchev–Trinajstić information content (AvgIpc) is 3.36. The van der Waals surface area contributed by atoms with E-state index in [1.165, 1.54) is 44.2 Å². The predicted molar refractivity (Wildman–Crippen MR) is 135 cm³/mol. The van der Waals surface area contributed by atoms with E-state index in [0.29, 0.717) is 24.0 Å². The van der Waals surface area contributed by atoms with Crippen LogP contribution < -0.4 is 10.6 Å².